The largest absolute Gasteiger partial charge is 0.370 e. The summed E-state index contributed by atoms with van der Waals surface area (Å²) < 4.78 is 6.18. The van der Waals surface area contributed by atoms with Crippen molar-refractivity contribution in [3.63, 3.8) is 0 Å². The first-order valence-corrected chi connectivity index (χ1v) is 8.57. The number of amides is 1. The Morgan fingerprint density at radius 2 is 2.00 bits per heavy atom. The highest BCUT2D eigenvalue weighted by Crippen LogP contribution is 2.43. The predicted molar refractivity (Wildman–Crippen MR) is 85.0 cm³/mol. The van der Waals surface area contributed by atoms with E-state index in [2.05, 4.69) is 16.4 Å². The maximum atomic E-state index is 12.5. The molecule has 2 aliphatic rings. The van der Waals surface area contributed by atoms with Gasteiger partial charge in [-0.3, -0.25) is 9.78 Å². The fourth-order valence-electron chi connectivity index (χ4n) is 3.52. The quantitative estimate of drug-likeness (QED) is 0.813. The Morgan fingerprint density at radius 1 is 1.23 bits per heavy atom. The van der Waals surface area contributed by atoms with Crippen LogP contribution < -0.4 is 0 Å². The first-order valence-electron chi connectivity index (χ1n) is 7.69. The molecule has 1 saturated heterocycles. The van der Waals surface area contributed by atoms with E-state index in [0.717, 1.165) is 39.0 Å². The lowest BCUT2D eigenvalue weighted by Gasteiger charge is -2.44. The van der Waals surface area contributed by atoms with E-state index >= 15 is 0 Å². The smallest absolute Gasteiger partial charge is 0.253 e. The van der Waals surface area contributed by atoms with Gasteiger partial charge in [-0.05, 0) is 42.0 Å². The molecule has 1 amide bonds. The van der Waals surface area contributed by atoms with Crippen LogP contribution in [0, 0.1) is 0 Å². The Bertz CT molecular complexity index is 675. The Hall–Kier alpha value is -1.72. The summed E-state index contributed by atoms with van der Waals surface area (Å²) in [5.74, 6) is 0.0959. The highest BCUT2D eigenvalue weighted by atomic mass is 32.1. The number of carbonyl (C=O) groups is 1. The molecule has 0 aromatic carbocycles. The molecule has 0 bridgehead atoms. The highest BCUT2D eigenvalue weighted by Gasteiger charge is 2.42. The zero-order chi connectivity index (χ0) is 15.0. The number of nitrogens with zero attached hydrogens (tertiary/aromatic N) is 2. The molecule has 22 heavy (non-hydrogen) atoms. The second kappa shape index (κ2) is 5.48. The monoisotopic (exact) mass is 314 g/mol. The van der Waals surface area contributed by atoms with Crippen LogP contribution in [0.3, 0.4) is 0 Å². The fourth-order valence-corrected chi connectivity index (χ4v) is 4.47. The SMILES string of the molecule is O=C(c1ccncc1)N1CCC2(CC1)OCCc1sccc12. The van der Waals surface area contributed by atoms with Crippen LogP contribution in [-0.2, 0) is 16.8 Å². The maximum absolute atomic E-state index is 12.5. The van der Waals surface area contributed by atoms with Gasteiger partial charge in [0.05, 0.1) is 12.2 Å². The highest BCUT2D eigenvalue weighted by molar-refractivity contribution is 7.10. The molecule has 0 radical (unpaired) electrons. The standard InChI is InChI=1S/C17H18N2O2S/c20-16(13-1-7-18-8-2-13)19-9-5-17(6-10-19)14-4-12-22-15(14)3-11-21-17/h1-2,4,7-8,12H,3,5-6,9-11H2. The number of hydrogen-bond donors (Lipinski definition) is 0. The molecule has 4 heterocycles. The van der Waals surface area contributed by atoms with Gasteiger partial charge >= 0.3 is 0 Å². The number of aromatic nitrogens is 1. The van der Waals surface area contributed by atoms with Crippen LogP contribution in [0.25, 0.3) is 0 Å². The number of ether oxygens (including phenoxy) is 1. The van der Waals surface area contributed by atoms with Gasteiger partial charge in [-0.15, -0.1) is 11.3 Å². The number of carbonyl (C=O) groups excluding carboxylic acids is 1. The Labute approximate surface area is 133 Å². The van der Waals surface area contributed by atoms with Gasteiger partial charge in [0.2, 0.25) is 0 Å². The molecule has 0 saturated carbocycles. The lowest BCUT2D eigenvalue weighted by Crippen LogP contribution is -2.48. The van der Waals surface area contributed by atoms with Gasteiger partial charge in [0.15, 0.2) is 0 Å². The lowest BCUT2D eigenvalue weighted by atomic mass is 9.82. The van der Waals surface area contributed by atoms with Gasteiger partial charge in [0.25, 0.3) is 5.91 Å². The number of thiophene rings is 1. The van der Waals surface area contributed by atoms with Crippen molar-refractivity contribution in [3.05, 3.63) is 52.0 Å². The van der Waals surface area contributed by atoms with Crippen LogP contribution in [0.2, 0.25) is 0 Å². The van der Waals surface area contributed by atoms with Crippen molar-refractivity contribution in [2.24, 2.45) is 0 Å². The van der Waals surface area contributed by atoms with Crippen LogP contribution in [0.15, 0.2) is 36.0 Å². The first-order chi connectivity index (χ1) is 10.8. The summed E-state index contributed by atoms with van der Waals surface area (Å²) in [5, 5.41) is 2.16. The zero-order valence-electron chi connectivity index (χ0n) is 12.3. The molecule has 5 heteroatoms. The van der Waals surface area contributed by atoms with Gasteiger partial charge in [0, 0.05) is 42.3 Å². The van der Waals surface area contributed by atoms with Crippen molar-refractivity contribution in [2.75, 3.05) is 19.7 Å². The van der Waals surface area contributed by atoms with E-state index in [1.807, 2.05) is 16.2 Å². The molecule has 1 spiro atoms. The molecule has 1 fully saturated rings. The Balaban J connectivity index is 1.51. The molecule has 0 N–H and O–H groups in total. The molecular formula is C17H18N2O2S. The van der Waals surface area contributed by atoms with E-state index in [4.69, 9.17) is 4.74 Å². The van der Waals surface area contributed by atoms with Crippen molar-refractivity contribution in [1.29, 1.82) is 0 Å². The Morgan fingerprint density at radius 3 is 2.77 bits per heavy atom. The summed E-state index contributed by atoms with van der Waals surface area (Å²) in [6, 6.07) is 5.76. The summed E-state index contributed by atoms with van der Waals surface area (Å²) in [6.07, 6.45) is 6.12. The fraction of sp³-hybridized carbons (Fsp3) is 0.412. The molecule has 4 nitrogen and oxygen atoms in total. The maximum Gasteiger partial charge on any atom is 0.253 e. The number of hydrogen-bond acceptors (Lipinski definition) is 4. The number of likely N-dealkylation sites (tertiary alicyclic amines) is 1. The van der Waals surface area contributed by atoms with E-state index in [1.54, 1.807) is 24.5 Å². The van der Waals surface area contributed by atoms with Crippen molar-refractivity contribution in [2.45, 2.75) is 24.9 Å². The topological polar surface area (TPSA) is 42.4 Å². The number of rotatable bonds is 1. The second-order valence-corrected chi connectivity index (χ2v) is 6.88. The molecule has 0 aliphatic carbocycles. The third kappa shape index (κ3) is 2.25. The van der Waals surface area contributed by atoms with Gasteiger partial charge < -0.3 is 9.64 Å². The normalized spacial score (nSPS) is 19.9. The summed E-state index contributed by atoms with van der Waals surface area (Å²) in [5.41, 5.74) is 1.91. The van der Waals surface area contributed by atoms with E-state index in [1.165, 1.54) is 10.4 Å². The van der Waals surface area contributed by atoms with E-state index in [9.17, 15) is 4.79 Å². The number of pyridine rings is 1. The molecule has 0 unspecified atom stereocenters. The summed E-state index contributed by atoms with van der Waals surface area (Å²) in [6.45, 7) is 2.29. The third-order valence-electron chi connectivity index (χ3n) is 4.73. The minimum absolute atomic E-state index is 0.0959. The predicted octanol–water partition coefficient (Wildman–Crippen LogP) is 2.85. The molecular weight excluding hydrogens is 296 g/mol. The molecule has 114 valence electrons. The second-order valence-electron chi connectivity index (χ2n) is 5.88. The number of fused-ring (bicyclic) bond motifs is 2. The van der Waals surface area contributed by atoms with Gasteiger partial charge in [-0.1, -0.05) is 0 Å². The summed E-state index contributed by atoms with van der Waals surface area (Å²) in [7, 11) is 0. The van der Waals surface area contributed by atoms with Crippen molar-refractivity contribution in [1.82, 2.24) is 9.88 Å². The van der Waals surface area contributed by atoms with Crippen LogP contribution >= 0.6 is 11.3 Å². The summed E-state index contributed by atoms with van der Waals surface area (Å²) >= 11 is 1.83. The third-order valence-corrected chi connectivity index (χ3v) is 5.71. The van der Waals surface area contributed by atoms with Crippen molar-refractivity contribution >= 4 is 17.2 Å². The molecule has 2 aromatic rings. The van der Waals surface area contributed by atoms with Gasteiger partial charge in [-0.2, -0.15) is 0 Å². The molecule has 4 rings (SSSR count). The summed E-state index contributed by atoms with van der Waals surface area (Å²) in [4.78, 5) is 19.9. The molecule has 2 aromatic heterocycles. The average Bonchev–Trinajstić information content (AvgIpc) is 3.06. The van der Waals surface area contributed by atoms with Crippen molar-refractivity contribution in [3.8, 4) is 0 Å². The minimum Gasteiger partial charge on any atom is -0.370 e. The van der Waals surface area contributed by atoms with E-state index in [-0.39, 0.29) is 11.5 Å². The van der Waals surface area contributed by atoms with Crippen LogP contribution in [0.4, 0.5) is 0 Å². The van der Waals surface area contributed by atoms with E-state index < -0.39 is 0 Å². The average molecular weight is 314 g/mol. The van der Waals surface area contributed by atoms with Gasteiger partial charge in [0.1, 0.15) is 0 Å². The number of piperidine rings is 1. The van der Waals surface area contributed by atoms with Crippen molar-refractivity contribution < 1.29 is 9.53 Å². The first kappa shape index (κ1) is 13.9. The van der Waals surface area contributed by atoms with Crippen LogP contribution in [0.1, 0.15) is 33.6 Å². The zero-order valence-corrected chi connectivity index (χ0v) is 13.1. The lowest BCUT2D eigenvalue weighted by molar-refractivity contribution is -0.0926. The minimum atomic E-state index is -0.164. The Kier molecular flexibility index (Phi) is 3.47. The van der Waals surface area contributed by atoms with Crippen LogP contribution in [-0.4, -0.2) is 35.5 Å². The molecule has 2 aliphatic heterocycles. The van der Waals surface area contributed by atoms with Gasteiger partial charge in [-0.25, -0.2) is 0 Å². The molecule has 0 atom stereocenters. The van der Waals surface area contributed by atoms with Crippen LogP contribution in [0.5, 0.6) is 0 Å². The van der Waals surface area contributed by atoms with E-state index in [0.29, 0.717) is 5.56 Å².